The van der Waals surface area contributed by atoms with Gasteiger partial charge >= 0.3 is 0 Å². The lowest BCUT2D eigenvalue weighted by Gasteiger charge is -2.19. The van der Waals surface area contributed by atoms with Crippen molar-refractivity contribution in [3.8, 4) is 11.5 Å². The van der Waals surface area contributed by atoms with Crippen LogP contribution in [0.5, 0.6) is 11.5 Å². The first-order valence-electron chi connectivity index (χ1n) is 8.64. The van der Waals surface area contributed by atoms with E-state index < -0.39 is 6.29 Å². The van der Waals surface area contributed by atoms with Gasteiger partial charge in [-0.15, -0.1) is 0 Å². The van der Waals surface area contributed by atoms with Crippen LogP contribution < -0.4 is 15.0 Å². The Bertz CT molecular complexity index is 1030. The minimum atomic E-state index is -0.450. The molecule has 4 rings (SSSR count). The molecule has 0 atom stereocenters. The third kappa shape index (κ3) is 2.45. The van der Waals surface area contributed by atoms with E-state index in [1.54, 1.807) is 24.9 Å². The SMILES string of the molecule is CCn1c(=O)c2cc(OC)c(OC)cc2c2cccc(C3OCCO3)c21. The van der Waals surface area contributed by atoms with E-state index in [4.69, 9.17) is 18.9 Å². The first kappa shape index (κ1) is 16.9. The number of fused-ring (bicyclic) bond motifs is 3. The fraction of sp³-hybridized carbons (Fsp3) is 0.350. The molecule has 0 bridgehead atoms. The van der Waals surface area contributed by atoms with E-state index in [-0.39, 0.29) is 5.56 Å². The van der Waals surface area contributed by atoms with Gasteiger partial charge in [-0.05, 0) is 19.1 Å². The van der Waals surface area contributed by atoms with E-state index in [0.717, 1.165) is 21.9 Å². The van der Waals surface area contributed by atoms with Crippen molar-refractivity contribution in [2.75, 3.05) is 27.4 Å². The topological polar surface area (TPSA) is 58.9 Å². The second kappa shape index (κ2) is 6.63. The molecule has 0 N–H and O–H groups in total. The Morgan fingerprint density at radius 2 is 1.69 bits per heavy atom. The molecule has 136 valence electrons. The van der Waals surface area contributed by atoms with Crippen LogP contribution in [0, 0.1) is 0 Å². The summed E-state index contributed by atoms with van der Waals surface area (Å²) in [5.41, 5.74) is 1.64. The number of pyridine rings is 1. The van der Waals surface area contributed by atoms with Gasteiger partial charge in [0.1, 0.15) is 0 Å². The summed E-state index contributed by atoms with van der Waals surface area (Å²) in [7, 11) is 3.15. The second-order valence-electron chi connectivity index (χ2n) is 6.12. The van der Waals surface area contributed by atoms with Gasteiger partial charge in [-0.25, -0.2) is 0 Å². The van der Waals surface area contributed by atoms with E-state index in [2.05, 4.69) is 0 Å². The van der Waals surface area contributed by atoms with Crippen molar-refractivity contribution in [3.63, 3.8) is 0 Å². The predicted octanol–water partition coefficient (Wildman–Crippen LogP) is 3.24. The first-order valence-corrected chi connectivity index (χ1v) is 8.64. The van der Waals surface area contributed by atoms with Crippen LogP contribution in [-0.2, 0) is 16.0 Å². The number of methoxy groups -OCH3 is 2. The Kier molecular flexibility index (Phi) is 4.30. The molecule has 0 amide bonds. The summed E-state index contributed by atoms with van der Waals surface area (Å²) in [6.07, 6.45) is -0.450. The largest absolute Gasteiger partial charge is 0.493 e. The van der Waals surface area contributed by atoms with E-state index in [0.29, 0.717) is 36.6 Å². The highest BCUT2D eigenvalue weighted by Gasteiger charge is 2.24. The van der Waals surface area contributed by atoms with Gasteiger partial charge in [0.2, 0.25) is 0 Å². The lowest BCUT2D eigenvalue weighted by atomic mass is 10.0. The molecule has 6 nitrogen and oxygen atoms in total. The Balaban J connectivity index is 2.15. The predicted molar refractivity (Wildman–Crippen MR) is 99.1 cm³/mol. The van der Waals surface area contributed by atoms with Crippen LogP contribution in [0.4, 0.5) is 0 Å². The summed E-state index contributed by atoms with van der Waals surface area (Å²) in [4.78, 5) is 13.2. The average Bonchev–Trinajstić information content (AvgIpc) is 3.21. The van der Waals surface area contributed by atoms with Crippen molar-refractivity contribution < 1.29 is 18.9 Å². The molecule has 1 fully saturated rings. The Morgan fingerprint density at radius 1 is 1.04 bits per heavy atom. The van der Waals surface area contributed by atoms with Gasteiger partial charge < -0.3 is 23.5 Å². The lowest BCUT2D eigenvalue weighted by molar-refractivity contribution is -0.0432. The highest BCUT2D eigenvalue weighted by atomic mass is 16.7. The van der Waals surface area contributed by atoms with Crippen molar-refractivity contribution in [1.29, 1.82) is 0 Å². The Morgan fingerprint density at radius 3 is 2.31 bits per heavy atom. The monoisotopic (exact) mass is 355 g/mol. The van der Waals surface area contributed by atoms with E-state index >= 15 is 0 Å². The van der Waals surface area contributed by atoms with Crippen LogP contribution >= 0.6 is 0 Å². The number of aromatic nitrogens is 1. The molecule has 1 aromatic heterocycles. The number of hydrogen-bond acceptors (Lipinski definition) is 5. The number of benzene rings is 2. The summed E-state index contributed by atoms with van der Waals surface area (Å²) in [6.45, 7) is 3.61. The van der Waals surface area contributed by atoms with E-state index in [1.807, 2.05) is 31.2 Å². The van der Waals surface area contributed by atoms with Crippen molar-refractivity contribution >= 4 is 21.7 Å². The molecule has 0 aliphatic carbocycles. The van der Waals surface area contributed by atoms with Crippen molar-refractivity contribution in [3.05, 3.63) is 46.2 Å². The first-order chi connectivity index (χ1) is 12.7. The van der Waals surface area contributed by atoms with Crippen molar-refractivity contribution in [2.45, 2.75) is 19.8 Å². The summed E-state index contributed by atoms with van der Waals surface area (Å²) in [5, 5.41) is 2.38. The molecule has 2 heterocycles. The standard InChI is InChI=1S/C20H21NO5/c1-4-21-18-12(6-5-7-13(18)20-25-8-9-26-20)14-10-16(23-2)17(24-3)11-15(14)19(21)22/h5-7,10-11,20H,4,8-9H2,1-3H3. The summed E-state index contributed by atoms with van der Waals surface area (Å²) in [5.74, 6) is 1.13. The number of para-hydroxylation sites is 1. The fourth-order valence-electron chi connectivity index (χ4n) is 3.64. The van der Waals surface area contributed by atoms with Gasteiger partial charge in [-0.2, -0.15) is 0 Å². The van der Waals surface area contributed by atoms with Gasteiger partial charge in [-0.1, -0.05) is 18.2 Å². The number of ether oxygens (including phenoxy) is 4. The third-order valence-electron chi connectivity index (χ3n) is 4.82. The maximum Gasteiger partial charge on any atom is 0.259 e. The maximum absolute atomic E-state index is 13.2. The zero-order valence-electron chi connectivity index (χ0n) is 15.1. The fourth-order valence-corrected chi connectivity index (χ4v) is 3.64. The number of rotatable bonds is 4. The number of hydrogen-bond donors (Lipinski definition) is 0. The third-order valence-corrected chi connectivity index (χ3v) is 4.82. The molecule has 26 heavy (non-hydrogen) atoms. The average molecular weight is 355 g/mol. The van der Waals surface area contributed by atoms with Gasteiger partial charge in [0.05, 0.1) is 38.3 Å². The number of nitrogens with zero attached hydrogens (tertiary/aromatic N) is 1. The van der Waals surface area contributed by atoms with Crippen LogP contribution in [0.15, 0.2) is 35.1 Å². The summed E-state index contributed by atoms with van der Waals surface area (Å²) >= 11 is 0. The lowest BCUT2D eigenvalue weighted by Crippen LogP contribution is -2.21. The Labute approximate surface area is 150 Å². The van der Waals surface area contributed by atoms with Crippen LogP contribution in [0.2, 0.25) is 0 Å². The molecular formula is C20H21NO5. The van der Waals surface area contributed by atoms with E-state index in [9.17, 15) is 4.79 Å². The minimum Gasteiger partial charge on any atom is -0.493 e. The molecule has 0 saturated carbocycles. The number of aryl methyl sites for hydroxylation is 1. The van der Waals surface area contributed by atoms with Crippen LogP contribution in [0.25, 0.3) is 21.7 Å². The second-order valence-corrected chi connectivity index (χ2v) is 6.12. The van der Waals surface area contributed by atoms with Gasteiger partial charge in [0.15, 0.2) is 17.8 Å². The molecule has 1 aliphatic heterocycles. The molecule has 0 spiro atoms. The maximum atomic E-state index is 13.2. The van der Waals surface area contributed by atoms with Crippen molar-refractivity contribution in [2.24, 2.45) is 0 Å². The van der Waals surface area contributed by atoms with Crippen LogP contribution in [0.1, 0.15) is 18.8 Å². The van der Waals surface area contributed by atoms with Crippen LogP contribution in [-0.4, -0.2) is 32.0 Å². The highest BCUT2D eigenvalue weighted by molar-refractivity contribution is 6.07. The molecule has 0 unspecified atom stereocenters. The normalized spacial score (nSPS) is 15.0. The minimum absolute atomic E-state index is 0.0681. The van der Waals surface area contributed by atoms with Gasteiger partial charge in [0, 0.05) is 22.9 Å². The molecular weight excluding hydrogens is 334 g/mol. The van der Waals surface area contributed by atoms with Crippen molar-refractivity contribution in [1.82, 2.24) is 4.57 Å². The van der Waals surface area contributed by atoms with Crippen LogP contribution in [0.3, 0.4) is 0 Å². The molecule has 0 radical (unpaired) electrons. The van der Waals surface area contributed by atoms with Gasteiger partial charge in [-0.3, -0.25) is 4.79 Å². The highest BCUT2D eigenvalue weighted by Crippen LogP contribution is 2.37. The molecule has 1 aliphatic rings. The quantitative estimate of drug-likeness (QED) is 0.673. The molecule has 3 aromatic rings. The summed E-state index contributed by atoms with van der Waals surface area (Å²) < 4.78 is 24.0. The van der Waals surface area contributed by atoms with E-state index in [1.165, 1.54) is 0 Å². The molecule has 6 heteroatoms. The summed E-state index contributed by atoms with van der Waals surface area (Å²) in [6, 6.07) is 9.53. The smallest absolute Gasteiger partial charge is 0.259 e. The molecule has 1 saturated heterocycles. The zero-order chi connectivity index (χ0) is 18.3. The Hall–Kier alpha value is -2.57. The van der Waals surface area contributed by atoms with Gasteiger partial charge in [0.25, 0.3) is 5.56 Å². The molecule has 2 aromatic carbocycles. The zero-order valence-corrected chi connectivity index (χ0v) is 15.1.